The van der Waals surface area contributed by atoms with Gasteiger partial charge in [0.15, 0.2) is 0 Å². The Morgan fingerprint density at radius 1 is 1.06 bits per heavy atom. The van der Waals surface area contributed by atoms with Crippen molar-refractivity contribution < 1.29 is 15.0 Å². The average molecular weight is 488 g/mol. The van der Waals surface area contributed by atoms with E-state index in [1.165, 1.54) is 17.5 Å². The van der Waals surface area contributed by atoms with Gasteiger partial charge in [0.05, 0.1) is 11.5 Å². The minimum absolute atomic E-state index is 0.245. The van der Waals surface area contributed by atoms with Crippen molar-refractivity contribution in [2.75, 3.05) is 6.54 Å². The van der Waals surface area contributed by atoms with Crippen LogP contribution in [0, 0.1) is 10.8 Å². The zero-order chi connectivity index (χ0) is 25.8. The van der Waals surface area contributed by atoms with Gasteiger partial charge < -0.3 is 15.1 Å². The molecular formula is C32H41NO3. The molecule has 4 nitrogen and oxygen atoms in total. The van der Waals surface area contributed by atoms with E-state index in [1.807, 2.05) is 13.0 Å². The normalized spacial score (nSPS) is 23.4. The Balaban J connectivity index is 1.70. The molecule has 0 amide bonds. The standard InChI is InChI=1S/C32H41NO3/c1-4-13-28(34)32(31(2,3)30(35)36)21-19-26(20-22-32)33-23-12-11-18-27(33)29(24-14-7-5-8-15-24)25-16-9-6-10-17-25/h5-10,14-17,19-21,27-29,34H,4,11-13,18,22-23H2,1-3H3,(H,35,36). The quantitative estimate of drug-likeness (QED) is 0.409. The molecule has 2 N–H and O–H groups in total. The van der Waals surface area contributed by atoms with Crippen LogP contribution in [0.5, 0.6) is 0 Å². The maximum atomic E-state index is 12.3. The molecule has 0 saturated carbocycles. The molecule has 192 valence electrons. The lowest BCUT2D eigenvalue weighted by Crippen LogP contribution is -2.51. The number of hydrogen-bond acceptors (Lipinski definition) is 3. The van der Waals surface area contributed by atoms with E-state index in [0.29, 0.717) is 18.9 Å². The largest absolute Gasteiger partial charge is 0.481 e. The van der Waals surface area contributed by atoms with Crippen LogP contribution in [0.15, 0.2) is 84.6 Å². The lowest BCUT2D eigenvalue weighted by atomic mass is 9.58. The van der Waals surface area contributed by atoms with Gasteiger partial charge in [-0.2, -0.15) is 0 Å². The lowest BCUT2D eigenvalue weighted by Gasteiger charge is -2.48. The number of nitrogens with zero attached hydrogens (tertiary/aromatic N) is 1. The van der Waals surface area contributed by atoms with Crippen molar-refractivity contribution >= 4 is 5.97 Å². The maximum Gasteiger partial charge on any atom is 0.310 e. The predicted octanol–water partition coefficient (Wildman–Crippen LogP) is 6.78. The fourth-order valence-corrected chi connectivity index (χ4v) is 6.30. The molecule has 1 fully saturated rings. The van der Waals surface area contributed by atoms with Crippen LogP contribution in [0.3, 0.4) is 0 Å². The highest BCUT2D eigenvalue weighted by Crippen LogP contribution is 2.51. The minimum atomic E-state index is -1.09. The number of benzene rings is 2. The highest BCUT2D eigenvalue weighted by atomic mass is 16.4. The summed E-state index contributed by atoms with van der Waals surface area (Å²) in [6.45, 7) is 6.51. The van der Waals surface area contributed by atoms with Gasteiger partial charge in [-0.15, -0.1) is 0 Å². The van der Waals surface area contributed by atoms with Gasteiger partial charge in [0.2, 0.25) is 0 Å². The third-order valence-electron chi connectivity index (χ3n) is 8.64. The Morgan fingerprint density at radius 3 is 2.17 bits per heavy atom. The topological polar surface area (TPSA) is 60.8 Å². The van der Waals surface area contributed by atoms with Crippen molar-refractivity contribution in [3.8, 4) is 0 Å². The number of hydrogen-bond donors (Lipinski definition) is 2. The molecule has 4 rings (SSSR count). The Morgan fingerprint density at radius 2 is 1.67 bits per heavy atom. The second-order valence-electron chi connectivity index (χ2n) is 11.0. The predicted molar refractivity (Wildman–Crippen MR) is 146 cm³/mol. The van der Waals surface area contributed by atoms with E-state index in [4.69, 9.17) is 0 Å². The molecule has 3 atom stereocenters. The van der Waals surface area contributed by atoms with Gasteiger partial charge in [0.1, 0.15) is 0 Å². The molecule has 0 radical (unpaired) electrons. The molecule has 2 aromatic carbocycles. The first kappa shape index (κ1) is 26.2. The number of piperidine rings is 1. The van der Waals surface area contributed by atoms with Crippen molar-refractivity contribution in [2.24, 2.45) is 10.8 Å². The SMILES string of the molecule is CCCC(O)C1(C(C)(C)C(=O)O)C=CC(N2CCCCC2C(c2ccccc2)c2ccccc2)=CC1. The first-order valence-electron chi connectivity index (χ1n) is 13.5. The number of carboxylic acids is 1. The molecule has 4 heteroatoms. The summed E-state index contributed by atoms with van der Waals surface area (Å²) < 4.78 is 0. The molecule has 1 aliphatic carbocycles. The molecule has 2 aliphatic rings. The number of likely N-dealkylation sites (tertiary alicyclic amines) is 1. The van der Waals surface area contributed by atoms with Gasteiger partial charge in [-0.1, -0.05) is 86.2 Å². The summed E-state index contributed by atoms with van der Waals surface area (Å²) in [7, 11) is 0. The second-order valence-corrected chi connectivity index (χ2v) is 11.0. The van der Waals surface area contributed by atoms with Crippen molar-refractivity contribution in [1.29, 1.82) is 0 Å². The van der Waals surface area contributed by atoms with Crippen LogP contribution in [0.4, 0.5) is 0 Å². The maximum absolute atomic E-state index is 12.3. The van der Waals surface area contributed by atoms with E-state index in [1.54, 1.807) is 13.8 Å². The first-order chi connectivity index (χ1) is 17.3. The van der Waals surface area contributed by atoms with E-state index in [-0.39, 0.29) is 5.92 Å². The van der Waals surface area contributed by atoms with Gasteiger partial charge in [-0.25, -0.2) is 0 Å². The molecule has 0 aromatic heterocycles. The molecule has 36 heavy (non-hydrogen) atoms. The lowest BCUT2D eigenvalue weighted by molar-refractivity contribution is -0.159. The van der Waals surface area contributed by atoms with Crippen molar-refractivity contribution in [1.82, 2.24) is 4.90 Å². The van der Waals surface area contributed by atoms with E-state index >= 15 is 0 Å². The number of aliphatic hydroxyl groups excluding tert-OH is 1. The monoisotopic (exact) mass is 487 g/mol. The summed E-state index contributed by atoms with van der Waals surface area (Å²) in [5, 5.41) is 21.3. The van der Waals surface area contributed by atoms with Gasteiger partial charge in [-0.05, 0) is 63.2 Å². The van der Waals surface area contributed by atoms with Gasteiger partial charge in [-0.3, -0.25) is 4.79 Å². The van der Waals surface area contributed by atoms with Crippen LogP contribution < -0.4 is 0 Å². The van der Waals surface area contributed by atoms with Crippen LogP contribution in [0.1, 0.15) is 76.3 Å². The third-order valence-corrected chi connectivity index (χ3v) is 8.64. The average Bonchev–Trinajstić information content (AvgIpc) is 2.90. The Hall–Kier alpha value is -2.85. The zero-order valence-electron chi connectivity index (χ0n) is 21.9. The highest BCUT2D eigenvalue weighted by molar-refractivity contribution is 5.75. The zero-order valence-corrected chi connectivity index (χ0v) is 21.9. The molecule has 3 unspecified atom stereocenters. The molecule has 1 aliphatic heterocycles. The highest BCUT2D eigenvalue weighted by Gasteiger charge is 2.53. The van der Waals surface area contributed by atoms with Gasteiger partial charge in [0, 0.05) is 29.6 Å². The molecule has 0 bridgehead atoms. The third kappa shape index (κ3) is 4.88. The second kappa shape index (κ2) is 11.0. The van der Waals surface area contributed by atoms with Crippen molar-refractivity contribution in [2.45, 2.75) is 77.4 Å². The van der Waals surface area contributed by atoms with E-state index in [9.17, 15) is 15.0 Å². The van der Waals surface area contributed by atoms with Crippen LogP contribution >= 0.6 is 0 Å². The Kier molecular flexibility index (Phi) is 8.04. The smallest absolute Gasteiger partial charge is 0.310 e. The molecule has 0 spiro atoms. The Bertz CT molecular complexity index is 1040. The van der Waals surface area contributed by atoms with Gasteiger partial charge >= 0.3 is 5.97 Å². The molecule has 1 heterocycles. The molecular weight excluding hydrogens is 446 g/mol. The fourth-order valence-electron chi connectivity index (χ4n) is 6.30. The minimum Gasteiger partial charge on any atom is -0.481 e. The van der Waals surface area contributed by atoms with Crippen LogP contribution in [0.25, 0.3) is 0 Å². The summed E-state index contributed by atoms with van der Waals surface area (Å²) in [5.41, 5.74) is 1.87. The summed E-state index contributed by atoms with van der Waals surface area (Å²) in [5.74, 6) is -0.627. The van der Waals surface area contributed by atoms with Crippen LogP contribution in [-0.2, 0) is 4.79 Å². The van der Waals surface area contributed by atoms with Crippen LogP contribution in [0.2, 0.25) is 0 Å². The number of aliphatic carboxylic acids is 1. The van der Waals surface area contributed by atoms with Crippen molar-refractivity contribution in [3.05, 3.63) is 95.7 Å². The van der Waals surface area contributed by atoms with E-state index in [2.05, 4.69) is 77.7 Å². The molecule has 1 saturated heterocycles. The number of rotatable bonds is 9. The number of allylic oxidation sites excluding steroid dienone is 2. The van der Waals surface area contributed by atoms with E-state index in [0.717, 1.165) is 31.5 Å². The number of aliphatic hydroxyl groups is 1. The summed E-state index contributed by atoms with van der Waals surface area (Å²) in [4.78, 5) is 14.8. The summed E-state index contributed by atoms with van der Waals surface area (Å²) in [6.07, 6.45) is 10.9. The fraction of sp³-hybridized carbons (Fsp3) is 0.469. The summed E-state index contributed by atoms with van der Waals surface area (Å²) >= 11 is 0. The number of carbonyl (C=O) groups is 1. The molecule has 2 aromatic rings. The van der Waals surface area contributed by atoms with Crippen LogP contribution in [-0.4, -0.2) is 39.8 Å². The first-order valence-corrected chi connectivity index (χ1v) is 13.5. The van der Waals surface area contributed by atoms with Gasteiger partial charge in [0.25, 0.3) is 0 Å². The summed E-state index contributed by atoms with van der Waals surface area (Å²) in [6, 6.07) is 21.9. The van der Waals surface area contributed by atoms with E-state index < -0.39 is 22.9 Å². The Labute approximate surface area is 216 Å². The van der Waals surface area contributed by atoms with Crippen molar-refractivity contribution in [3.63, 3.8) is 0 Å². The number of carboxylic acid groups (broad SMARTS) is 1.